The first-order valence-corrected chi connectivity index (χ1v) is 8.14. The number of nitrogens with one attached hydrogen (secondary N) is 2. The van der Waals surface area contributed by atoms with Crippen molar-refractivity contribution < 1.29 is 9.32 Å². The van der Waals surface area contributed by atoms with Crippen LogP contribution >= 0.6 is 11.6 Å². The van der Waals surface area contributed by atoms with E-state index in [4.69, 9.17) is 16.1 Å². The molecule has 0 unspecified atom stereocenters. The fourth-order valence-corrected chi connectivity index (χ4v) is 2.51. The van der Waals surface area contributed by atoms with Crippen LogP contribution in [0.25, 0.3) is 0 Å². The molecule has 0 aliphatic carbocycles. The fraction of sp³-hybridized carbons (Fsp3) is 0.167. The van der Waals surface area contributed by atoms with Crippen LogP contribution in [-0.2, 0) is 13.0 Å². The van der Waals surface area contributed by atoms with Crippen molar-refractivity contribution in [3.8, 4) is 0 Å². The first-order chi connectivity index (χ1) is 12.2. The summed E-state index contributed by atoms with van der Waals surface area (Å²) in [6.07, 6.45) is 0.608. The van der Waals surface area contributed by atoms with Gasteiger partial charge < -0.3 is 15.2 Å². The van der Waals surface area contributed by atoms with Crippen molar-refractivity contribution in [1.82, 2.24) is 15.5 Å². The lowest BCUT2D eigenvalue weighted by molar-refractivity contribution is 0.0963. The van der Waals surface area contributed by atoms with Gasteiger partial charge in [0.2, 0.25) is 5.89 Å². The van der Waals surface area contributed by atoms with Gasteiger partial charge in [-0.1, -0.05) is 47.1 Å². The predicted octanol–water partition coefficient (Wildman–Crippen LogP) is 3.29. The largest absolute Gasteiger partial charge is 0.375 e. The molecule has 128 valence electrons. The lowest BCUT2D eigenvalue weighted by atomic mass is 10.1. The highest BCUT2D eigenvalue weighted by Crippen LogP contribution is 2.23. The van der Waals surface area contributed by atoms with Crippen LogP contribution in [0, 0.1) is 0 Å². The summed E-state index contributed by atoms with van der Waals surface area (Å²) in [4.78, 5) is 16.1. The number of hydrogen-bond donors (Lipinski definition) is 2. The zero-order valence-corrected chi connectivity index (χ0v) is 14.4. The maximum Gasteiger partial charge on any atom is 0.251 e. The van der Waals surface area contributed by atoms with Crippen molar-refractivity contribution in [2.24, 2.45) is 0 Å². The number of rotatable bonds is 6. The minimum atomic E-state index is -0.178. The fourth-order valence-electron chi connectivity index (χ4n) is 2.33. The van der Waals surface area contributed by atoms with Gasteiger partial charge >= 0.3 is 0 Å². The molecule has 0 aliphatic heterocycles. The Morgan fingerprint density at radius 2 is 2.00 bits per heavy atom. The van der Waals surface area contributed by atoms with Crippen LogP contribution in [0.1, 0.15) is 27.6 Å². The molecule has 2 aromatic carbocycles. The molecule has 3 rings (SSSR count). The first kappa shape index (κ1) is 17.0. The Labute approximate surface area is 150 Å². The molecule has 0 aliphatic rings. The van der Waals surface area contributed by atoms with Gasteiger partial charge in [-0.05, 0) is 23.8 Å². The highest BCUT2D eigenvalue weighted by molar-refractivity contribution is 6.33. The zero-order valence-electron chi connectivity index (χ0n) is 13.6. The van der Waals surface area contributed by atoms with Gasteiger partial charge in [-0.25, -0.2) is 0 Å². The van der Waals surface area contributed by atoms with Crippen molar-refractivity contribution in [2.45, 2.75) is 13.0 Å². The summed E-state index contributed by atoms with van der Waals surface area (Å²) in [6, 6.07) is 14.9. The van der Waals surface area contributed by atoms with Gasteiger partial charge in [-0.15, -0.1) is 0 Å². The van der Waals surface area contributed by atoms with Gasteiger partial charge in [0.05, 0.1) is 17.3 Å². The summed E-state index contributed by atoms with van der Waals surface area (Å²) in [5.41, 5.74) is 2.26. The quantitative estimate of drug-likeness (QED) is 0.708. The standard InChI is InChI=1S/C18H17ClN4O2/c1-20-18(24)13-7-8-14(19)15(10-13)21-11-17-22-16(23-25-17)9-12-5-3-2-4-6-12/h2-8,10,21H,9,11H2,1H3,(H,20,24). The van der Waals surface area contributed by atoms with Gasteiger partial charge in [-0.3, -0.25) is 4.79 Å². The van der Waals surface area contributed by atoms with E-state index < -0.39 is 0 Å². The number of carbonyl (C=O) groups is 1. The molecule has 0 spiro atoms. The van der Waals surface area contributed by atoms with Gasteiger partial charge in [0, 0.05) is 19.0 Å². The van der Waals surface area contributed by atoms with E-state index in [1.165, 1.54) is 0 Å². The third-order valence-corrected chi connectivity index (χ3v) is 3.93. The summed E-state index contributed by atoms with van der Waals surface area (Å²) in [6.45, 7) is 0.318. The lowest BCUT2D eigenvalue weighted by Crippen LogP contribution is -2.17. The molecule has 0 atom stereocenters. The maximum absolute atomic E-state index is 11.7. The zero-order chi connectivity index (χ0) is 17.6. The van der Waals surface area contributed by atoms with Crippen LogP contribution in [0.5, 0.6) is 0 Å². The predicted molar refractivity (Wildman–Crippen MR) is 95.7 cm³/mol. The number of amides is 1. The first-order valence-electron chi connectivity index (χ1n) is 7.76. The molecule has 0 saturated carbocycles. The average Bonchev–Trinajstić information content (AvgIpc) is 3.08. The molecule has 0 bridgehead atoms. The summed E-state index contributed by atoms with van der Waals surface area (Å²) in [5, 5.41) is 10.2. The second-order valence-electron chi connectivity index (χ2n) is 5.39. The molecule has 3 aromatic rings. The van der Waals surface area contributed by atoms with Crippen molar-refractivity contribution in [2.75, 3.05) is 12.4 Å². The van der Waals surface area contributed by atoms with Crippen molar-refractivity contribution in [3.63, 3.8) is 0 Å². The number of anilines is 1. The topological polar surface area (TPSA) is 80.0 Å². The van der Waals surface area contributed by atoms with Gasteiger partial charge in [0.1, 0.15) is 0 Å². The highest BCUT2D eigenvalue weighted by atomic mass is 35.5. The SMILES string of the molecule is CNC(=O)c1ccc(Cl)c(NCc2nc(Cc3ccccc3)no2)c1. The Morgan fingerprint density at radius 1 is 1.20 bits per heavy atom. The third-order valence-electron chi connectivity index (χ3n) is 3.60. The van der Waals surface area contributed by atoms with E-state index in [-0.39, 0.29) is 5.91 Å². The summed E-state index contributed by atoms with van der Waals surface area (Å²) < 4.78 is 5.25. The van der Waals surface area contributed by atoms with E-state index in [0.717, 1.165) is 5.56 Å². The molecule has 0 radical (unpaired) electrons. The molecular weight excluding hydrogens is 340 g/mol. The normalized spacial score (nSPS) is 10.5. The second kappa shape index (κ2) is 7.81. The van der Waals surface area contributed by atoms with Crippen LogP contribution in [0.3, 0.4) is 0 Å². The number of nitrogens with zero attached hydrogens (tertiary/aromatic N) is 2. The van der Waals surface area contributed by atoms with E-state index in [2.05, 4.69) is 20.8 Å². The van der Waals surface area contributed by atoms with Crippen LogP contribution in [-0.4, -0.2) is 23.1 Å². The van der Waals surface area contributed by atoms with Crippen LogP contribution in [0.15, 0.2) is 53.1 Å². The van der Waals surface area contributed by atoms with E-state index in [9.17, 15) is 4.79 Å². The Morgan fingerprint density at radius 3 is 2.76 bits per heavy atom. The van der Waals surface area contributed by atoms with Gasteiger partial charge in [-0.2, -0.15) is 4.98 Å². The van der Waals surface area contributed by atoms with E-state index in [1.807, 2.05) is 30.3 Å². The molecule has 6 nitrogen and oxygen atoms in total. The van der Waals surface area contributed by atoms with Gasteiger partial charge in [0.25, 0.3) is 5.91 Å². The molecule has 0 fully saturated rings. The van der Waals surface area contributed by atoms with Crippen LogP contribution < -0.4 is 10.6 Å². The van der Waals surface area contributed by atoms with Crippen molar-refractivity contribution >= 4 is 23.2 Å². The molecule has 1 amide bonds. The minimum absolute atomic E-state index is 0.178. The molecule has 7 heteroatoms. The number of benzene rings is 2. The smallest absolute Gasteiger partial charge is 0.251 e. The molecule has 2 N–H and O–H groups in total. The average molecular weight is 357 g/mol. The molecule has 25 heavy (non-hydrogen) atoms. The minimum Gasteiger partial charge on any atom is -0.375 e. The Kier molecular flexibility index (Phi) is 5.30. The highest BCUT2D eigenvalue weighted by Gasteiger charge is 2.10. The summed E-state index contributed by atoms with van der Waals surface area (Å²) in [5.74, 6) is 0.892. The summed E-state index contributed by atoms with van der Waals surface area (Å²) >= 11 is 6.16. The number of halogens is 1. The third kappa shape index (κ3) is 4.36. The monoisotopic (exact) mass is 356 g/mol. The van der Waals surface area contributed by atoms with Crippen LogP contribution in [0.4, 0.5) is 5.69 Å². The Hall–Kier alpha value is -2.86. The van der Waals surface area contributed by atoms with E-state index in [0.29, 0.717) is 41.0 Å². The van der Waals surface area contributed by atoms with Crippen molar-refractivity contribution in [3.05, 3.63) is 76.4 Å². The lowest BCUT2D eigenvalue weighted by Gasteiger charge is -2.08. The van der Waals surface area contributed by atoms with E-state index >= 15 is 0 Å². The molecule has 1 aromatic heterocycles. The summed E-state index contributed by atoms with van der Waals surface area (Å²) in [7, 11) is 1.58. The van der Waals surface area contributed by atoms with Gasteiger partial charge in [0.15, 0.2) is 5.82 Å². The molecule has 0 saturated heterocycles. The number of aromatic nitrogens is 2. The van der Waals surface area contributed by atoms with Crippen LogP contribution in [0.2, 0.25) is 5.02 Å². The molecule has 1 heterocycles. The van der Waals surface area contributed by atoms with Crippen molar-refractivity contribution in [1.29, 1.82) is 0 Å². The molecular formula is C18H17ClN4O2. The van der Waals surface area contributed by atoms with E-state index in [1.54, 1.807) is 25.2 Å². The maximum atomic E-state index is 11.7. The second-order valence-corrected chi connectivity index (χ2v) is 5.80. The number of hydrogen-bond acceptors (Lipinski definition) is 5. The Balaban J connectivity index is 1.65. The Bertz CT molecular complexity index is 865. The number of carbonyl (C=O) groups excluding carboxylic acids is 1.